The van der Waals surface area contributed by atoms with Gasteiger partial charge in [0.1, 0.15) is 0 Å². The summed E-state index contributed by atoms with van der Waals surface area (Å²) in [5, 5.41) is 23.9. The molecule has 0 spiro atoms. The van der Waals surface area contributed by atoms with E-state index in [1.165, 1.54) is 0 Å². The summed E-state index contributed by atoms with van der Waals surface area (Å²) in [6, 6.07) is 0.194. The summed E-state index contributed by atoms with van der Waals surface area (Å²) in [5.41, 5.74) is 0. The van der Waals surface area contributed by atoms with E-state index >= 15 is 0 Å². The van der Waals surface area contributed by atoms with E-state index in [-0.39, 0.29) is 6.04 Å². The Kier molecular flexibility index (Phi) is 7.07. The first-order chi connectivity index (χ1) is 13.0. The number of hydrogen-bond donors (Lipinski definition) is 4. The Hall–Kier alpha value is -1.67. The molecular formula is C19H36N8. The average Bonchev–Trinajstić information content (AvgIpc) is 2.82. The zero-order valence-corrected chi connectivity index (χ0v) is 16.9. The lowest BCUT2D eigenvalue weighted by Crippen LogP contribution is -2.40. The molecule has 2 atom stereocenters. The molecule has 2 unspecified atom stereocenters. The van der Waals surface area contributed by atoms with Crippen LogP contribution in [0.2, 0.25) is 0 Å². The lowest BCUT2D eigenvalue weighted by Gasteiger charge is -2.29. The van der Waals surface area contributed by atoms with Crippen molar-refractivity contribution in [2.45, 2.75) is 32.2 Å². The Balaban J connectivity index is 1.55. The van der Waals surface area contributed by atoms with Gasteiger partial charge >= 0.3 is 0 Å². The van der Waals surface area contributed by atoms with E-state index in [1.54, 1.807) is 0 Å². The second-order valence-electron chi connectivity index (χ2n) is 8.22. The van der Waals surface area contributed by atoms with Crippen LogP contribution in [-0.4, -0.2) is 104 Å². The Bertz CT molecular complexity index is 552. The molecule has 27 heavy (non-hydrogen) atoms. The number of rotatable bonds is 4. The summed E-state index contributed by atoms with van der Waals surface area (Å²) >= 11 is 0. The molecular weight excluding hydrogens is 340 g/mol. The van der Waals surface area contributed by atoms with E-state index < -0.39 is 0 Å². The third-order valence-electron chi connectivity index (χ3n) is 5.78. The highest BCUT2D eigenvalue weighted by atomic mass is 15.2. The van der Waals surface area contributed by atoms with Crippen LogP contribution in [0.3, 0.4) is 0 Å². The first kappa shape index (κ1) is 20.1. The molecule has 0 aromatic carbocycles. The minimum absolute atomic E-state index is 0.194. The molecule has 0 bridgehead atoms. The van der Waals surface area contributed by atoms with Gasteiger partial charge in [0.15, 0.2) is 0 Å². The summed E-state index contributed by atoms with van der Waals surface area (Å²) in [4.78, 5) is 11.4. The predicted molar refractivity (Wildman–Crippen MR) is 111 cm³/mol. The maximum atomic E-state index is 8.61. The van der Waals surface area contributed by atoms with Gasteiger partial charge in [-0.25, -0.2) is 0 Å². The summed E-state index contributed by atoms with van der Waals surface area (Å²) in [6.07, 6.45) is 2.62. The van der Waals surface area contributed by atoms with E-state index in [2.05, 4.69) is 37.4 Å². The smallest absolute Gasteiger partial charge is 0.0980 e. The lowest BCUT2D eigenvalue weighted by molar-refractivity contribution is 0.306. The molecule has 4 N–H and O–H groups in total. The maximum absolute atomic E-state index is 8.61. The normalized spacial score (nSPS) is 27.6. The van der Waals surface area contributed by atoms with Crippen LogP contribution in [0.5, 0.6) is 0 Å². The van der Waals surface area contributed by atoms with Crippen LogP contribution in [0.1, 0.15) is 26.2 Å². The molecule has 3 rings (SSSR count). The Labute approximate surface area is 163 Å². The minimum atomic E-state index is 0.194. The molecule has 0 aromatic rings. The van der Waals surface area contributed by atoms with Crippen molar-refractivity contribution in [3.8, 4) is 0 Å². The predicted octanol–water partition coefficient (Wildman–Crippen LogP) is 0.270. The zero-order valence-electron chi connectivity index (χ0n) is 16.9. The van der Waals surface area contributed by atoms with E-state index in [9.17, 15) is 0 Å². The second kappa shape index (κ2) is 9.50. The fraction of sp³-hybridized carbons (Fsp3) is 0.842. The summed E-state index contributed by atoms with van der Waals surface area (Å²) in [7, 11) is 2.16. The number of nitrogens with zero attached hydrogens (tertiary/aromatic N) is 4. The highest BCUT2D eigenvalue weighted by Crippen LogP contribution is 2.17. The zero-order chi connectivity index (χ0) is 19.2. The van der Waals surface area contributed by atoms with Crippen molar-refractivity contribution in [1.29, 1.82) is 10.8 Å². The molecule has 8 heteroatoms. The molecule has 3 aliphatic rings. The summed E-state index contributed by atoms with van der Waals surface area (Å²) < 4.78 is 0. The lowest BCUT2D eigenvalue weighted by atomic mass is 10.0. The molecule has 2 fully saturated rings. The van der Waals surface area contributed by atoms with E-state index in [1.807, 2.05) is 6.92 Å². The largest absolute Gasteiger partial charge is 0.372 e. The third kappa shape index (κ3) is 5.90. The average molecular weight is 377 g/mol. The molecule has 2 saturated heterocycles. The molecule has 8 nitrogen and oxygen atoms in total. The van der Waals surface area contributed by atoms with Crippen molar-refractivity contribution < 1.29 is 0 Å². The van der Waals surface area contributed by atoms with Gasteiger partial charge in [-0.15, -0.1) is 0 Å². The number of likely N-dealkylation sites (N-methyl/N-ethyl adjacent to an activating group) is 1. The van der Waals surface area contributed by atoms with Crippen molar-refractivity contribution in [2.75, 3.05) is 66.0 Å². The first-order valence-corrected chi connectivity index (χ1v) is 10.3. The van der Waals surface area contributed by atoms with Crippen LogP contribution in [0, 0.1) is 16.7 Å². The van der Waals surface area contributed by atoms with Gasteiger partial charge in [-0.05, 0) is 32.9 Å². The Morgan fingerprint density at radius 1 is 1.04 bits per heavy atom. The van der Waals surface area contributed by atoms with Crippen molar-refractivity contribution in [2.24, 2.45) is 10.9 Å². The van der Waals surface area contributed by atoms with E-state index in [0.29, 0.717) is 18.2 Å². The number of nitrogens with one attached hydrogen (secondary N) is 4. The summed E-state index contributed by atoms with van der Waals surface area (Å²) in [6.45, 7) is 10.5. The topological polar surface area (TPSA) is 93.8 Å². The van der Waals surface area contributed by atoms with E-state index in [4.69, 9.17) is 10.8 Å². The highest BCUT2D eigenvalue weighted by Gasteiger charge is 2.27. The van der Waals surface area contributed by atoms with Crippen molar-refractivity contribution in [3.05, 3.63) is 0 Å². The molecule has 3 aliphatic heterocycles. The van der Waals surface area contributed by atoms with Crippen LogP contribution in [0.25, 0.3) is 0 Å². The molecule has 0 amide bonds. The van der Waals surface area contributed by atoms with Gasteiger partial charge < -0.3 is 25.3 Å². The Morgan fingerprint density at radius 2 is 1.85 bits per heavy atom. The van der Waals surface area contributed by atoms with Gasteiger partial charge in [-0.3, -0.25) is 15.8 Å². The number of amidine groups is 3. The fourth-order valence-electron chi connectivity index (χ4n) is 4.28. The third-order valence-corrected chi connectivity index (χ3v) is 5.78. The van der Waals surface area contributed by atoms with Crippen LogP contribution in [0.4, 0.5) is 0 Å². The number of aliphatic imine (C=N–C) groups is 1. The van der Waals surface area contributed by atoms with Gasteiger partial charge in [0.25, 0.3) is 0 Å². The number of hydrogen-bond acceptors (Lipinski definition) is 6. The van der Waals surface area contributed by atoms with Crippen molar-refractivity contribution >= 4 is 17.5 Å². The van der Waals surface area contributed by atoms with Gasteiger partial charge in [-0.1, -0.05) is 0 Å². The summed E-state index contributed by atoms with van der Waals surface area (Å²) in [5.74, 6) is 2.85. The van der Waals surface area contributed by atoms with Gasteiger partial charge in [0, 0.05) is 65.2 Å². The quantitative estimate of drug-likeness (QED) is 0.417. The van der Waals surface area contributed by atoms with Crippen LogP contribution >= 0.6 is 0 Å². The van der Waals surface area contributed by atoms with E-state index in [0.717, 1.165) is 83.4 Å². The molecule has 3 heterocycles. The van der Waals surface area contributed by atoms with Crippen molar-refractivity contribution in [3.63, 3.8) is 0 Å². The van der Waals surface area contributed by atoms with Crippen LogP contribution < -0.4 is 10.6 Å². The maximum Gasteiger partial charge on any atom is 0.0980 e. The highest BCUT2D eigenvalue weighted by molar-refractivity contribution is 5.84. The van der Waals surface area contributed by atoms with Gasteiger partial charge in [0.2, 0.25) is 0 Å². The standard InChI is InChI=1S/C19H36N8/c1-15-23-12-17(24-15)11-19(21)27-9-8-25(2)13-16(14-27)10-18(20)26-6-3-4-22-5-7-26/h16-17,20-22H,3-14H2,1-2H3,(H,23,24). The molecule has 0 radical (unpaired) electrons. The first-order valence-electron chi connectivity index (χ1n) is 10.3. The second-order valence-corrected chi connectivity index (χ2v) is 8.22. The minimum Gasteiger partial charge on any atom is -0.372 e. The molecule has 152 valence electrons. The van der Waals surface area contributed by atoms with Crippen molar-refractivity contribution in [1.82, 2.24) is 25.3 Å². The molecule has 0 aromatic heterocycles. The van der Waals surface area contributed by atoms with Crippen LogP contribution in [-0.2, 0) is 0 Å². The SMILES string of the molecule is CC1=NC(CC(=N)N2CCN(C)CC(CC(=N)N3CCCNCC3)C2)CN1. The Morgan fingerprint density at radius 3 is 2.63 bits per heavy atom. The van der Waals surface area contributed by atoms with Crippen LogP contribution in [0.15, 0.2) is 4.99 Å². The fourth-order valence-corrected chi connectivity index (χ4v) is 4.28. The monoisotopic (exact) mass is 376 g/mol. The molecule has 0 aliphatic carbocycles. The molecule has 0 saturated carbocycles. The van der Waals surface area contributed by atoms with Gasteiger partial charge in [0.05, 0.1) is 23.5 Å². The van der Waals surface area contributed by atoms with Gasteiger partial charge in [-0.2, -0.15) is 0 Å².